The maximum Gasteiger partial charge on any atom is 0.412 e. The Hall–Kier alpha value is -1.52. The van der Waals surface area contributed by atoms with Crippen LogP contribution in [0.2, 0.25) is 5.02 Å². The van der Waals surface area contributed by atoms with Crippen LogP contribution in [-0.4, -0.2) is 18.2 Å². The van der Waals surface area contributed by atoms with E-state index in [0.717, 1.165) is 5.56 Å². The molecule has 1 amide bonds. The van der Waals surface area contributed by atoms with Gasteiger partial charge in [-0.25, -0.2) is 4.79 Å². The molecule has 3 N–H and O–H groups in total. The number of rotatable bonds is 3. The minimum absolute atomic E-state index is 0.431. The fraction of sp³-hybridized carbons (Fsp3) is 0.357. The number of nitrogens with two attached hydrogens (primary N) is 1. The largest absolute Gasteiger partial charge is 0.444 e. The van der Waals surface area contributed by atoms with E-state index in [-0.39, 0.29) is 0 Å². The van der Waals surface area contributed by atoms with Crippen LogP contribution in [0.1, 0.15) is 26.3 Å². The molecule has 4 nitrogen and oxygen atoms in total. The van der Waals surface area contributed by atoms with Crippen LogP contribution in [0.25, 0.3) is 6.08 Å². The first kappa shape index (κ1) is 15.5. The minimum atomic E-state index is -0.529. The van der Waals surface area contributed by atoms with E-state index < -0.39 is 11.7 Å². The number of halogens is 1. The highest BCUT2D eigenvalue weighted by Crippen LogP contribution is 2.22. The van der Waals surface area contributed by atoms with Crippen LogP contribution in [0.5, 0.6) is 0 Å². The van der Waals surface area contributed by atoms with Crippen LogP contribution in [0.4, 0.5) is 10.5 Å². The van der Waals surface area contributed by atoms with E-state index in [9.17, 15) is 4.79 Å². The zero-order valence-corrected chi connectivity index (χ0v) is 12.1. The standard InChI is InChI=1S/C14H19ClN2O2/c1-14(2,3)19-13(18)17-11-6-7-12(15)10(9-11)5-4-8-16/h4-7,9H,8,16H2,1-3H3,(H,17,18)/b5-4+. The lowest BCUT2D eigenvalue weighted by Gasteiger charge is -2.19. The number of hydrogen-bond donors (Lipinski definition) is 2. The average Bonchev–Trinajstić information content (AvgIpc) is 2.27. The Labute approximate surface area is 118 Å². The van der Waals surface area contributed by atoms with Crippen molar-refractivity contribution in [2.45, 2.75) is 26.4 Å². The second-order valence-corrected chi connectivity index (χ2v) is 5.41. The van der Waals surface area contributed by atoms with Crippen molar-refractivity contribution < 1.29 is 9.53 Å². The first-order valence-corrected chi connectivity index (χ1v) is 6.36. The Morgan fingerprint density at radius 1 is 1.47 bits per heavy atom. The van der Waals surface area contributed by atoms with Crippen LogP contribution < -0.4 is 11.1 Å². The van der Waals surface area contributed by atoms with Gasteiger partial charge < -0.3 is 10.5 Å². The molecule has 19 heavy (non-hydrogen) atoms. The number of nitrogens with one attached hydrogen (secondary N) is 1. The summed E-state index contributed by atoms with van der Waals surface area (Å²) in [6.45, 7) is 5.86. The van der Waals surface area contributed by atoms with Crippen LogP contribution in [0.3, 0.4) is 0 Å². The van der Waals surface area contributed by atoms with Crippen LogP contribution in [-0.2, 0) is 4.74 Å². The molecule has 0 aliphatic heterocycles. The number of amides is 1. The average molecular weight is 283 g/mol. The molecule has 0 aliphatic carbocycles. The van der Waals surface area contributed by atoms with Gasteiger partial charge >= 0.3 is 6.09 Å². The molecule has 1 rings (SSSR count). The monoisotopic (exact) mass is 282 g/mol. The fourth-order valence-corrected chi connectivity index (χ4v) is 1.55. The van der Waals surface area contributed by atoms with Gasteiger partial charge in [0, 0.05) is 17.3 Å². The summed E-state index contributed by atoms with van der Waals surface area (Å²) in [6, 6.07) is 5.19. The molecule has 0 heterocycles. The van der Waals surface area contributed by atoms with Gasteiger partial charge in [-0.05, 0) is 44.5 Å². The molecule has 0 unspecified atom stereocenters. The maximum atomic E-state index is 11.6. The van der Waals surface area contributed by atoms with Gasteiger partial charge in [-0.2, -0.15) is 0 Å². The molecule has 0 radical (unpaired) electrons. The van der Waals surface area contributed by atoms with Gasteiger partial charge in [0.1, 0.15) is 5.60 Å². The third-order valence-corrected chi connectivity index (χ3v) is 2.42. The van der Waals surface area contributed by atoms with E-state index in [1.54, 1.807) is 24.3 Å². The van der Waals surface area contributed by atoms with Gasteiger partial charge in [0.05, 0.1) is 0 Å². The lowest BCUT2D eigenvalue weighted by Crippen LogP contribution is -2.27. The number of carbonyl (C=O) groups excluding carboxylic acids is 1. The second kappa shape index (κ2) is 6.59. The lowest BCUT2D eigenvalue weighted by molar-refractivity contribution is 0.0636. The van der Waals surface area contributed by atoms with Gasteiger partial charge in [-0.3, -0.25) is 5.32 Å². The molecule has 0 saturated heterocycles. The van der Waals surface area contributed by atoms with Crippen molar-refractivity contribution in [3.63, 3.8) is 0 Å². The number of carbonyl (C=O) groups is 1. The van der Waals surface area contributed by atoms with Crippen LogP contribution in [0.15, 0.2) is 24.3 Å². The lowest BCUT2D eigenvalue weighted by atomic mass is 10.2. The van der Waals surface area contributed by atoms with E-state index in [0.29, 0.717) is 17.3 Å². The highest BCUT2D eigenvalue weighted by atomic mass is 35.5. The Balaban J connectivity index is 2.80. The fourth-order valence-electron chi connectivity index (χ4n) is 1.37. The Morgan fingerprint density at radius 2 is 2.16 bits per heavy atom. The number of benzene rings is 1. The first-order valence-electron chi connectivity index (χ1n) is 5.98. The molecule has 1 aromatic carbocycles. The van der Waals surface area contributed by atoms with E-state index in [1.807, 2.05) is 26.8 Å². The first-order chi connectivity index (χ1) is 8.81. The van der Waals surface area contributed by atoms with Crippen molar-refractivity contribution in [3.05, 3.63) is 34.9 Å². The normalized spacial score (nSPS) is 11.6. The van der Waals surface area contributed by atoms with Crippen LogP contribution >= 0.6 is 11.6 Å². The smallest absolute Gasteiger partial charge is 0.412 e. The summed E-state index contributed by atoms with van der Waals surface area (Å²) >= 11 is 6.04. The van der Waals surface area contributed by atoms with Gasteiger partial charge in [0.25, 0.3) is 0 Å². The molecule has 0 saturated carbocycles. The molecule has 1 aromatic rings. The van der Waals surface area contributed by atoms with Crippen molar-refractivity contribution in [3.8, 4) is 0 Å². The quantitative estimate of drug-likeness (QED) is 0.889. The Kier molecular flexibility index (Phi) is 5.39. The molecular formula is C14H19ClN2O2. The number of ether oxygens (including phenoxy) is 1. The number of hydrogen-bond acceptors (Lipinski definition) is 3. The molecule has 0 aliphatic rings. The third-order valence-electron chi connectivity index (χ3n) is 2.07. The van der Waals surface area contributed by atoms with E-state index in [2.05, 4.69) is 5.32 Å². The predicted molar refractivity (Wildman–Crippen MR) is 79.4 cm³/mol. The van der Waals surface area contributed by atoms with Crippen molar-refractivity contribution in [2.24, 2.45) is 5.73 Å². The zero-order valence-electron chi connectivity index (χ0n) is 11.4. The predicted octanol–water partition coefficient (Wildman–Crippen LogP) is 3.66. The van der Waals surface area contributed by atoms with E-state index in [1.165, 1.54) is 0 Å². The molecule has 0 bridgehead atoms. The van der Waals surface area contributed by atoms with Gasteiger partial charge in [-0.1, -0.05) is 23.8 Å². The summed E-state index contributed by atoms with van der Waals surface area (Å²) in [6.07, 6.45) is 3.10. The summed E-state index contributed by atoms with van der Waals surface area (Å²) in [4.78, 5) is 11.6. The summed E-state index contributed by atoms with van der Waals surface area (Å²) in [5.74, 6) is 0. The van der Waals surface area contributed by atoms with Crippen LogP contribution in [0, 0.1) is 0 Å². The van der Waals surface area contributed by atoms with E-state index >= 15 is 0 Å². The molecule has 104 valence electrons. The van der Waals surface area contributed by atoms with Gasteiger partial charge in [0.15, 0.2) is 0 Å². The van der Waals surface area contributed by atoms with Gasteiger partial charge in [0.2, 0.25) is 0 Å². The van der Waals surface area contributed by atoms with Crippen molar-refractivity contribution in [2.75, 3.05) is 11.9 Å². The summed E-state index contributed by atoms with van der Waals surface area (Å²) in [5.41, 5.74) is 6.28. The second-order valence-electron chi connectivity index (χ2n) is 5.00. The third kappa shape index (κ3) is 5.77. The molecular weight excluding hydrogens is 264 g/mol. The highest BCUT2D eigenvalue weighted by molar-refractivity contribution is 6.32. The van der Waals surface area contributed by atoms with Crippen molar-refractivity contribution in [1.82, 2.24) is 0 Å². The van der Waals surface area contributed by atoms with Crippen molar-refractivity contribution >= 4 is 29.5 Å². The molecule has 0 atom stereocenters. The summed E-state index contributed by atoms with van der Waals surface area (Å²) < 4.78 is 5.17. The molecule has 0 aromatic heterocycles. The minimum Gasteiger partial charge on any atom is -0.444 e. The highest BCUT2D eigenvalue weighted by Gasteiger charge is 2.16. The van der Waals surface area contributed by atoms with Gasteiger partial charge in [-0.15, -0.1) is 0 Å². The van der Waals surface area contributed by atoms with Crippen molar-refractivity contribution in [1.29, 1.82) is 0 Å². The molecule has 0 fully saturated rings. The van der Waals surface area contributed by atoms with E-state index in [4.69, 9.17) is 22.1 Å². The SMILES string of the molecule is CC(C)(C)OC(=O)Nc1ccc(Cl)c(/C=C/CN)c1. The summed E-state index contributed by atoms with van der Waals surface area (Å²) in [5, 5.41) is 3.25. The topological polar surface area (TPSA) is 64.3 Å². The Morgan fingerprint density at radius 3 is 2.74 bits per heavy atom. The number of anilines is 1. The molecule has 0 spiro atoms. The maximum absolute atomic E-state index is 11.6. The Bertz CT molecular complexity index is 479. The molecule has 5 heteroatoms. The zero-order chi connectivity index (χ0) is 14.5. The summed E-state index contributed by atoms with van der Waals surface area (Å²) in [7, 11) is 0.